The van der Waals surface area contributed by atoms with Gasteiger partial charge in [0.05, 0.1) is 0 Å². The number of rotatable bonds is 3. The predicted octanol–water partition coefficient (Wildman–Crippen LogP) is 2.22. The number of hydrogen-bond donors (Lipinski definition) is 1. The third-order valence-corrected chi connectivity index (χ3v) is 4.34. The van der Waals surface area contributed by atoms with Gasteiger partial charge in [-0.05, 0) is 0 Å². The number of hydrogen-bond acceptors (Lipinski definition) is 2. The number of alkyl carbamates (subject to hydrolysis) is 1. The van der Waals surface area contributed by atoms with Crippen molar-refractivity contribution < 1.29 is 9.53 Å². The van der Waals surface area contributed by atoms with Gasteiger partial charge in [0, 0.05) is 0 Å². The maximum absolute atomic E-state index is 11.3. The van der Waals surface area contributed by atoms with Gasteiger partial charge in [0.25, 0.3) is 0 Å². The first kappa shape index (κ1) is 13.2. The summed E-state index contributed by atoms with van der Waals surface area (Å²) in [6, 6.07) is 0. The number of carbonyl (C=O) groups excluding carboxylic acids is 1. The Morgan fingerprint density at radius 1 is 1.50 bits per heavy atom. The van der Waals surface area contributed by atoms with Crippen LogP contribution >= 0.6 is 0 Å². The molecule has 0 atom stereocenters. The molecule has 0 radical (unpaired) electrons. The van der Waals surface area contributed by atoms with Gasteiger partial charge in [-0.2, -0.15) is 0 Å². The summed E-state index contributed by atoms with van der Waals surface area (Å²) in [5.74, 6) is 0. The fraction of sp³-hybridized carbons (Fsp3) is 0.700. The zero-order valence-electron chi connectivity index (χ0n) is 9.89. The second-order valence-electron chi connectivity index (χ2n) is 5.41. The summed E-state index contributed by atoms with van der Waals surface area (Å²) in [5, 5.41) is 2.77. The summed E-state index contributed by atoms with van der Waals surface area (Å²) in [6.45, 7) is 13.7. The number of ether oxygens (including phenoxy) is 1. The number of nitrogens with one attached hydrogen (secondary N) is 1. The monoisotopic (exact) mass is 216 g/mol. The molecule has 1 N–H and O–H groups in total. The van der Waals surface area contributed by atoms with E-state index in [0.29, 0.717) is 6.17 Å². The molecule has 0 aromatic carbocycles. The molecule has 1 amide bonds. The quantitative estimate of drug-likeness (QED) is 0.735. The second kappa shape index (κ2) is 4.64. The molecule has 0 aliphatic rings. The van der Waals surface area contributed by atoms with Crippen molar-refractivity contribution in [3.63, 3.8) is 0 Å². The van der Waals surface area contributed by atoms with Gasteiger partial charge in [-0.25, -0.2) is 0 Å². The van der Waals surface area contributed by atoms with Crippen LogP contribution in [0.4, 0.5) is 4.79 Å². The summed E-state index contributed by atoms with van der Waals surface area (Å²) in [5.41, 5.74) is 1.55. The molecule has 0 aromatic rings. The Bertz CT molecular complexity index is 219. The van der Waals surface area contributed by atoms with Gasteiger partial charge in [-0.15, -0.1) is 0 Å². The van der Waals surface area contributed by atoms with E-state index in [1.165, 1.54) is 0 Å². The zero-order valence-corrected chi connectivity index (χ0v) is 11.0. The van der Waals surface area contributed by atoms with Gasteiger partial charge in [-0.3, -0.25) is 0 Å². The van der Waals surface area contributed by atoms with Crippen LogP contribution in [-0.4, -0.2) is 25.9 Å². The van der Waals surface area contributed by atoms with Gasteiger partial charge in [0.1, 0.15) is 0 Å². The summed E-state index contributed by atoms with van der Waals surface area (Å²) in [4.78, 5) is 11.3. The Hall–Kier alpha value is -0.773. The summed E-state index contributed by atoms with van der Waals surface area (Å²) < 4.78 is 5.12. The molecule has 0 aliphatic heterocycles. The number of carbonyl (C=O) groups is 1. The Balaban J connectivity index is 3.93. The van der Waals surface area contributed by atoms with E-state index in [0.717, 1.165) is 0 Å². The van der Waals surface area contributed by atoms with E-state index >= 15 is 0 Å². The summed E-state index contributed by atoms with van der Waals surface area (Å²) in [6.07, 6.45) is 0.359. The molecule has 3 nitrogen and oxygen atoms in total. The van der Waals surface area contributed by atoms with Crippen molar-refractivity contribution in [1.29, 1.82) is 0 Å². The third-order valence-electron chi connectivity index (χ3n) is 1.81. The number of amides is 1. The molecule has 0 bridgehead atoms. The molecule has 0 unspecified atom stereocenters. The Morgan fingerprint density at radius 2 is 2.00 bits per heavy atom. The van der Waals surface area contributed by atoms with Crippen LogP contribution in [0.1, 0.15) is 20.8 Å². The van der Waals surface area contributed by atoms with Gasteiger partial charge < -0.3 is 0 Å². The van der Waals surface area contributed by atoms with Gasteiger partial charge in [0.2, 0.25) is 0 Å². The van der Waals surface area contributed by atoms with Crippen LogP contribution in [0.5, 0.6) is 0 Å². The van der Waals surface area contributed by atoms with Gasteiger partial charge >= 0.3 is 86.9 Å². The molecule has 0 spiro atoms. The van der Waals surface area contributed by atoms with E-state index in [4.69, 9.17) is 4.74 Å². The van der Waals surface area contributed by atoms with Crippen molar-refractivity contribution in [3.05, 3.63) is 12.3 Å². The minimum atomic E-state index is -1.74. The van der Waals surface area contributed by atoms with Crippen LogP contribution in [-0.2, 0) is 4.74 Å². The van der Waals surface area contributed by atoms with Crippen LogP contribution in [0, 0.1) is 0 Å². The van der Waals surface area contributed by atoms with Crippen LogP contribution in [0.15, 0.2) is 12.3 Å². The van der Waals surface area contributed by atoms with E-state index < -0.39 is 13.7 Å². The van der Waals surface area contributed by atoms with E-state index in [1.807, 2.05) is 26.5 Å². The fourth-order valence-electron chi connectivity index (χ4n) is 0.744. The van der Waals surface area contributed by atoms with Crippen molar-refractivity contribution in [2.75, 3.05) is 6.17 Å². The zero-order chi connectivity index (χ0) is 11.4. The van der Waals surface area contributed by atoms with Gasteiger partial charge in [0.15, 0.2) is 0 Å². The molecular weight excluding hydrogens is 194 g/mol. The molecular formula is C10H22NO2Si-. The van der Waals surface area contributed by atoms with Crippen molar-refractivity contribution >= 4 is 14.2 Å². The molecule has 0 aromatic heterocycles. The molecule has 0 saturated carbocycles. The fourth-order valence-corrected chi connectivity index (χ4v) is 1.60. The van der Waals surface area contributed by atoms with Crippen LogP contribution in [0.3, 0.4) is 0 Å². The molecule has 0 fully saturated rings. The standard InChI is InChI=1S/C10H22NO2Si/c1-7-14(5,6)8-11-9(12)13-10(2,3)4/h7,14H,1,8H2,2-6H3,(H,11,12)/q-1. The van der Waals surface area contributed by atoms with Crippen LogP contribution in [0.25, 0.3) is 0 Å². The first-order valence-corrected chi connectivity index (χ1v) is 8.81. The Kier molecular flexibility index (Phi) is 4.38. The molecule has 0 saturated heterocycles. The minimum absolute atomic E-state index is 0.340. The van der Waals surface area contributed by atoms with Crippen molar-refractivity contribution in [2.24, 2.45) is 0 Å². The second-order valence-corrected chi connectivity index (χ2v) is 10.9. The summed E-state index contributed by atoms with van der Waals surface area (Å²) in [7, 11) is -1.74. The van der Waals surface area contributed by atoms with Crippen molar-refractivity contribution in [3.8, 4) is 0 Å². The van der Waals surface area contributed by atoms with E-state index in [1.54, 1.807) is 0 Å². The maximum atomic E-state index is 11.3. The molecule has 0 aliphatic carbocycles. The Morgan fingerprint density at radius 3 is 2.36 bits per heavy atom. The predicted molar refractivity (Wildman–Crippen MR) is 63.3 cm³/mol. The van der Waals surface area contributed by atoms with Gasteiger partial charge in [-0.1, -0.05) is 0 Å². The summed E-state index contributed by atoms with van der Waals surface area (Å²) >= 11 is 0. The SMILES string of the molecule is C=C[SiH-](C)(C)CNC(=O)OC(C)(C)C. The van der Waals surface area contributed by atoms with Crippen LogP contribution in [0.2, 0.25) is 13.1 Å². The molecule has 14 heavy (non-hydrogen) atoms. The van der Waals surface area contributed by atoms with E-state index in [2.05, 4.69) is 25.0 Å². The Labute approximate surface area is 87.5 Å². The first-order chi connectivity index (χ1) is 6.16. The molecule has 84 valence electrons. The normalized spacial score (nSPS) is 13.2. The first-order valence-electron chi connectivity index (χ1n) is 5.02. The third kappa shape index (κ3) is 6.71. The average molecular weight is 216 g/mol. The average Bonchev–Trinajstić information content (AvgIpc) is 1.98. The molecule has 4 heteroatoms. The van der Waals surface area contributed by atoms with E-state index in [-0.39, 0.29) is 6.09 Å². The molecule has 0 heterocycles. The molecule has 0 rings (SSSR count). The van der Waals surface area contributed by atoms with Crippen molar-refractivity contribution in [2.45, 2.75) is 39.5 Å². The van der Waals surface area contributed by atoms with Crippen LogP contribution < -0.4 is 5.32 Å². The topological polar surface area (TPSA) is 38.3 Å². The van der Waals surface area contributed by atoms with E-state index in [9.17, 15) is 4.79 Å². The van der Waals surface area contributed by atoms with Crippen molar-refractivity contribution in [1.82, 2.24) is 5.32 Å².